The molecule has 0 radical (unpaired) electrons. The van der Waals surface area contributed by atoms with Gasteiger partial charge in [0.05, 0.1) is 5.69 Å². The van der Waals surface area contributed by atoms with Crippen LogP contribution in [0.4, 0.5) is 4.39 Å². The number of fused-ring (bicyclic) bond motifs is 1. The molecule has 5 rings (SSSR count). The SMILES string of the molecule is Cc1cn2cc(-c3cnc(-c4ccc(O[C@H]5CC(C)(C)NC(C)(C)[C@H]5F)nn4)c(O)c3)cc(C)c2n1.Cl.Cl.Cl. The Kier molecular flexibility index (Phi) is 9.83. The van der Waals surface area contributed by atoms with Crippen molar-refractivity contribution < 1.29 is 14.2 Å². The molecule has 1 aliphatic heterocycles. The summed E-state index contributed by atoms with van der Waals surface area (Å²) in [6.07, 6.45) is 4.25. The smallest absolute Gasteiger partial charge is 0.233 e. The van der Waals surface area contributed by atoms with Crippen LogP contribution in [0.3, 0.4) is 0 Å². The number of alkyl halides is 1. The summed E-state index contributed by atoms with van der Waals surface area (Å²) in [5, 5.41) is 22.4. The van der Waals surface area contributed by atoms with Crippen molar-refractivity contribution in [1.29, 1.82) is 0 Å². The van der Waals surface area contributed by atoms with Crippen molar-refractivity contribution in [2.24, 2.45) is 0 Å². The fourth-order valence-corrected chi connectivity index (χ4v) is 5.19. The Bertz CT molecular complexity index is 1450. The summed E-state index contributed by atoms with van der Waals surface area (Å²) < 4.78 is 22.9. The van der Waals surface area contributed by atoms with Crippen molar-refractivity contribution in [1.82, 2.24) is 29.9 Å². The minimum atomic E-state index is -1.21. The summed E-state index contributed by atoms with van der Waals surface area (Å²) in [6.45, 7) is 11.7. The Hall–Kier alpha value is -2.72. The molecule has 1 saturated heterocycles. The molecule has 0 saturated carbocycles. The summed E-state index contributed by atoms with van der Waals surface area (Å²) >= 11 is 0. The minimum absolute atomic E-state index is 0. The largest absolute Gasteiger partial charge is 0.506 e. The normalized spacial score (nSPS) is 19.4. The van der Waals surface area contributed by atoms with E-state index in [9.17, 15) is 5.11 Å². The third-order valence-corrected chi connectivity index (χ3v) is 6.60. The minimum Gasteiger partial charge on any atom is -0.506 e. The number of halogens is 4. The van der Waals surface area contributed by atoms with E-state index in [1.165, 1.54) is 0 Å². The number of nitrogens with zero attached hydrogens (tertiary/aromatic N) is 5. The van der Waals surface area contributed by atoms with Gasteiger partial charge in [0.15, 0.2) is 6.17 Å². The van der Waals surface area contributed by atoms with E-state index in [0.717, 1.165) is 28.0 Å². The summed E-state index contributed by atoms with van der Waals surface area (Å²) in [5.74, 6) is 0.219. The Morgan fingerprint density at radius 3 is 2.38 bits per heavy atom. The van der Waals surface area contributed by atoms with E-state index in [2.05, 4.69) is 25.5 Å². The van der Waals surface area contributed by atoms with Crippen LogP contribution in [0.25, 0.3) is 28.2 Å². The standard InChI is InChI=1S/C27H31FN6O2.3ClH/c1-15-9-18(14-34-13-16(2)30-25(15)34)17-10-20(35)23(29-12-17)19-7-8-22(32-31-19)36-21-11-26(3,4)33-27(5,6)24(21)28;;;/h7-10,12-14,21,24,33,35H,11H2,1-6H3;3*1H/t21-,24-;;;/m0.../s1. The second-order valence-electron chi connectivity index (χ2n) is 10.9. The zero-order valence-corrected chi connectivity index (χ0v) is 25.0. The first kappa shape index (κ1) is 32.5. The predicted molar refractivity (Wildman–Crippen MR) is 158 cm³/mol. The summed E-state index contributed by atoms with van der Waals surface area (Å²) in [6, 6.07) is 6.97. The second kappa shape index (κ2) is 11.8. The number of hydrogen-bond donors (Lipinski definition) is 2. The van der Waals surface area contributed by atoms with E-state index < -0.39 is 17.8 Å². The quantitative estimate of drug-likeness (QED) is 0.294. The van der Waals surface area contributed by atoms with Gasteiger partial charge in [-0.25, -0.2) is 14.4 Å². The Labute approximate surface area is 246 Å². The number of rotatable bonds is 4. The lowest BCUT2D eigenvalue weighted by atomic mass is 9.79. The van der Waals surface area contributed by atoms with Gasteiger partial charge in [-0.1, -0.05) is 0 Å². The summed E-state index contributed by atoms with van der Waals surface area (Å²) in [7, 11) is 0. The maximum absolute atomic E-state index is 15.1. The van der Waals surface area contributed by atoms with Crippen LogP contribution >= 0.6 is 37.2 Å². The van der Waals surface area contributed by atoms with Gasteiger partial charge in [-0.3, -0.25) is 0 Å². The van der Waals surface area contributed by atoms with Crippen molar-refractivity contribution in [2.75, 3.05) is 0 Å². The van der Waals surface area contributed by atoms with Crippen LogP contribution in [0.15, 0.2) is 42.9 Å². The molecule has 5 heterocycles. The average molecular weight is 600 g/mol. The highest BCUT2D eigenvalue weighted by Gasteiger charge is 2.47. The molecule has 8 nitrogen and oxygen atoms in total. The van der Waals surface area contributed by atoms with Crippen LogP contribution in [0.5, 0.6) is 11.6 Å². The lowest BCUT2D eigenvalue weighted by Gasteiger charge is -2.48. The fourth-order valence-electron chi connectivity index (χ4n) is 5.19. The van der Waals surface area contributed by atoms with E-state index in [4.69, 9.17) is 4.74 Å². The third-order valence-electron chi connectivity index (χ3n) is 6.60. The van der Waals surface area contributed by atoms with Crippen LogP contribution in [0.1, 0.15) is 45.4 Å². The van der Waals surface area contributed by atoms with E-state index in [1.54, 1.807) is 24.4 Å². The first-order chi connectivity index (χ1) is 16.9. The van der Waals surface area contributed by atoms with Gasteiger partial charge in [0, 0.05) is 53.3 Å². The number of aryl methyl sites for hydroxylation is 2. The van der Waals surface area contributed by atoms with Crippen molar-refractivity contribution >= 4 is 42.9 Å². The molecule has 212 valence electrons. The molecule has 0 unspecified atom stereocenters. The molecule has 1 fully saturated rings. The van der Waals surface area contributed by atoms with Gasteiger partial charge in [-0.2, -0.15) is 0 Å². The molecule has 39 heavy (non-hydrogen) atoms. The van der Waals surface area contributed by atoms with Gasteiger partial charge >= 0.3 is 0 Å². The van der Waals surface area contributed by atoms with Crippen LogP contribution in [-0.4, -0.2) is 53.0 Å². The Morgan fingerprint density at radius 2 is 1.74 bits per heavy atom. The van der Waals surface area contributed by atoms with E-state index in [1.807, 2.05) is 64.4 Å². The zero-order chi connectivity index (χ0) is 25.8. The van der Waals surface area contributed by atoms with Gasteiger partial charge in [-0.15, -0.1) is 47.4 Å². The molecule has 12 heteroatoms. The molecule has 2 atom stereocenters. The van der Waals surface area contributed by atoms with Gasteiger partial charge in [0.25, 0.3) is 0 Å². The number of pyridine rings is 2. The lowest BCUT2D eigenvalue weighted by Crippen LogP contribution is -2.66. The molecular formula is C27H34Cl3FN6O2. The molecular weight excluding hydrogens is 566 g/mol. The number of ether oxygens (including phenoxy) is 1. The maximum Gasteiger partial charge on any atom is 0.233 e. The molecule has 2 N–H and O–H groups in total. The first-order valence-electron chi connectivity index (χ1n) is 12.0. The van der Waals surface area contributed by atoms with Crippen molar-refractivity contribution in [3.8, 4) is 34.1 Å². The topological polar surface area (TPSA) is 97.5 Å². The molecule has 4 aromatic heterocycles. The van der Waals surface area contributed by atoms with Gasteiger partial charge < -0.3 is 19.6 Å². The zero-order valence-electron chi connectivity index (χ0n) is 22.6. The van der Waals surface area contributed by atoms with Gasteiger partial charge in [0.2, 0.25) is 5.88 Å². The third kappa shape index (κ3) is 6.54. The fraction of sp³-hybridized carbons (Fsp3) is 0.407. The van der Waals surface area contributed by atoms with Gasteiger partial charge in [-0.05, 0) is 65.3 Å². The van der Waals surface area contributed by atoms with Crippen molar-refractivity contribution in [3.05, 3.63) is 54.1 Å². The number of imidazole rings is 1. The van der Waals surface area contributed by atoms with Crippen LogP contribution in [0.2, 0.25) is 0 Å². The highest BCUT2D eigenvalue weighted by molar-refractivity contribution is 5.86. The van der Waals surface area contributed by atoms with E-state index in [0.29, 0.717) is 17.8 Å². The monoisotopic (exact) mass is 598 g/mol. The molecule has 0 aliphatic carbocycles. The number of aromatic hydroxyl groups is 1. The Balaban J connectivity index is 0.00000178. The molecule has 1 aliphatic rings. The first-order valence-corrected chi connectivity index (χ1v) is 12.0. The number of hydrogen-bond acceptors (Lipinski definition) is 7. The predicted octanol–water partition coefficient (Wildman–Crippen LogP) is 6.08. The van der Waals surface area contributed by atoms with Crippen molar-refractivity contribution in [3.63, 3.8) is 0 Å². The van der Waals surface area contributed by atoms with Gasteiger partial charge in [0.1, 0.15) is 28.9 Å². The van der Waals surface area contributed by atoms with Crippen molar-refractivity contribution in [2.45, 2.75) is 71.3 Å². The highest BCUT2D eigenvalue weighted by Crippen LogP contribution is 2.34. The second-order valence-corrected chi connectivity index (χ2v) is 10.9. The van der Waals surface area contributed by atoms with Crippen LogP contribution < -0.4 is 10.1 Å². The number of aromatic nitrogens is 5. The van der Waals surface area contributed by atoms with E-state index >= 15 is 4.39 Å². The van der Waals surface area contributed by atoms with E-state index in [-0.39, 0.29) is 54.4 Å². The number of piperidine rings is 1. The molecule has 0 bridgehead atoms. The molecule has 0 amide bonds. The summed E-state index contributed by atoms with van der Waals surface area (Å²) in [5.41, 5.74) is 4.25. The lowest BCUT2D eigenvalue weighted by molar-refractivity contribution is -0.0281. The van der Waals surface area contributed by atoms with Crippen LogP contribution in [0, 0.1) is 13.8 Å². The molecule has 0 spiro atoms. The highest BCUT2D eigenvalue weighted by atomic mass is 35.5. The summed E-state index contributed by atoms with van der Waals surface area (Å²) in [4.78, 5) is 8.98. The average Bonchev–Trinajstić information content (AvgIpc) is 3.18. The Morgan fingerprint density at radius 1 is 1.03 bits per heavy atom. The van der Waals surface area contributed by atoms with Crippen LogP contribution in [-0.2, 0) is 0 Å². The molecule has 4 aromatic rings. The maximum atomic E-state index is 15.1. The molecule has 0 aromatic carbocycles. The number of nitrogens with one attached hydrogen (secondary N) is 1.